The molecule has 5 nitrogen and oxygen atoms in total. The van der Waals surface area contributed by atoms with Crippen molar-refractivity contribution in [3.63, 3.8) is 0 Å². The molecule has 0 bridgehead atoms. The van der Waals surface area contributed by atoms with Crippen molar-refractivity contribution in [1.29, 1.82) is 0 Å². The summed E-state index contributed by atoms with van der Waals surface area (Å²) < 4.78 is 28.0. The molecule has 2 aromatic rings. The lowest BCUT2D eigenvalue weighted by molar-refractivity contribution is -0.123. The van der Waals surface area contributed by atoms with E-state index in [1.807, 2.05) is 45.0 Å². The number of amides is 1. The molecule has 0 fully saturated rings. The van der Waals surface area contributed by atoms with E-state index in [1.165, 1.54) is 0 Å². The molecule has 136 valence electrons. The summed E-state index contributed by atoms with van der Waals surface area (Å²) >= 11 is 0. The fourth-order valence-corrected chi connectivity index (χ4v) is 3.94. The number of unbranched alkanes of at least 4 members (excludes halogenated alkanes) is 1. The molecule has 0 saturated carbocycles. The van der Waals surface area contributed by atoms with Crippen LogP contribution in [0, 0.1) is 5.92 Å². The van der Waals surface area contributed by atoms with Crippen molar-refractivity contribution in [2.24, 2.45) is 5.92 Å². The van der Waals surface area contributed by atoms with Gasteiger partial charge in [-0.2, -0.15) is 4.72 Å². The van der Waals surface area contributed by atoms with Gasteiger partial charge in [0.1, 0.15) is 6.04 Å². The third-order valence-corrected chi connectivity index (χ3v) is 5.53. The molecule has 0 heterocycles. The summed E-state index contributed by atoms with van der Waals surface area (Å²) in [7, 11) is -3.78. The molecule has 2 rings (SSSR count). The van der Waals surface area contributed by atoms with Crippen molar-refractivity contribution < 1.29 is 13.2 Å². The largest absolute Gasteiger partial charge is 0.355 e. The van der Waals surface area contributed by atoms with E-state index in [-0.39, 0.29) is 16.7 Å². The number of benzene rings is 2. The molecular weight excluding hydrogens is 336 g/mol. The van der Waals surface area contributed by atoms with Gasteiger partial charge >= 0.3 is 0 Å². The Labute approximate surface area is 149 Å². The van der Waals surface area contributed by atoms with Gasteiger partial charge in [-0.05, 0) is 35.2 Å². The van der Waals surface area contributed by atoms with Gasteiger partial charge in [0.05, 0.1) is 4.90 Å². The van der Waals surface area contributed by atoms with Crippen LogP contribution in [-0.4, -0.2) is 26.9 Å². The first-order chi connectivity index (χ1) is 11.8. The zero-order valence-electron chi connectivity index (χ0n) is 15.0. The second-order valence-corrected chi connectivity index (χ2v) is 8.21. The summed E-state index contributed by atoms with van der Waals surface area (Å²) in [5, 5.41) is 4.62. The summed E-state index contributed by atoms with van der Waals surface area (Å²) in [4.78, 5) is 12.5. The Morgan fingerprint density at radius 3 is 2.40 bits per heavy atom. The van der Waals surface area contributed by atoms with Gasteiger partial charge in [-0.25, -0.2) is 8.42 Å². The number of carbonyl (C=O) groups excluding carboxylic acids is 1. The Kier molecular flexibility index (Phi) is 6.56. The van der Waals surface area contributed by atoms with Crippen LogP contribution in [0.5, 0.6) is 0 Å². The Bertz CT molecular complexity index is 831. The summed E-state index contributed by atoms with van der Waals surface area (Å²) in [5.41, 5.74) is 0. The first-order valence-electron chi connectivity index (χ1n) is 8.64. The van der Waals surface area contributed by atoms with Gasteiger partial charge < -0.3 is 5.32 Å². The molecule has 0 radical (unpaired) electrons. The van der Waals surface area contributed by atoms with Crippen molar-refractivity contribution in [2.75, 3.05) is 6.54 Å². The third-order valence-electron chi connectivity index (χ3n) is 4.09. The Morgan fingerprint density at radius 2 is 1.76 bits per heavy atom. The molecular formula is C19H26N2O3S. The lowest BCUT2D eigenvalue weighted by atomic mass is 10.1. The molecule has 0 unspecified atom stereocenters. The molecule has 1 atom stereocenters. The Hall–Kier alpha value is -1.92. The van der Waals surface area contributed by atoms with E-state index >= 15 is 0 Å². The SMILES string of the molecule is CCCCNC(=O)[C@H](NS(=O)(=O)c1ccc2ccccc2c1)C(C)C. The van der Waals surface area contributed by atoms with Crippen LogP contribution in [0.15, 0.2) is 47.4 Å². The molecule has 25 heavy (non-hydrogen) atoms. The summed E-state index contributed by atoms with van der Waals surface area (Å²) in [5.74, 6) is -0.440. The summed E-state index contributed by atoms with van der Waals surface area (Å²) in [6.07, 6.45) is 1.84. The maximum atomic E-state index is 12.7. The van der Waals surface area contributed by atoms with Crippen LogP contribution in [0.4, 0.5) is 0 Å². The fraction of sp³-hybridized carbons (Fsp3) is 0.421. The molecule has 0 aliphatic heterocycles. The standard InChI is InChI=1S/C19H26N2O3S/c1-4-5-12-20-19(22)18(14(2)3)21-25(23,24)17-11-10-15-8-6-7-9-16(15)13-17/h6-11,13-14,18,21H,4-5,12H2,1-3H3,(H,20,22)/t18-/m1/s1. The van der Waals surface area contributed by atoms with Crippen molar-refractivity contribution in [3.8, 4) is 0 Å². The minimum atomic E-state index is -3.78. The zero-order chi connectivity index (χ0) is 18.4. The van der Waals surface area contributed by atoms with E-state index in [0.717, 1.165) is 23.6 Å². The van der Waals surface area contributed by atoms with E-state index in [1.54, 1.807) is 18.2 Å². The van der Waals surface area contributed by atoms with Crippen LogP contribution in [0.2, 0.25) is 0 Å². The van der Waals surface area contributed by atoms with E-state index in [0.29, 0.717) is 6.54 Å². The molecule has 2 aromatic carbocycles. The molecule has 0 aliphatic rings. The highest BCUT2D eigenvalue weighted by Gasteiger charge is 2.28. The van der Waals surface area contributed by atoms with E-state index in [4.69, 9.17) is 0 Å². The van der Waals surface area contributed by atoms with Gasteiger partial charge in [0.25, 0.3) is 0 Å². The summed E-state index contributed by atoms with van der Waals surface area (Å²) in [6.45, 7) is 6.24. The number of sulfonamides is 1. The molecule has 6 heteroatoms. The number of hydrogen-bond donors (Lipinski definition) is 2. The lowest BCUT2D eigenvalue weighted by Crippen LogP contribution is -2.49. The van der Waals surface area contributed by atoms with Crippen LogP contribution in [0.25, 0.3) is 10.8 Å². The van der Waals surface area contributed by atoms with Gasteiger partial charge in [-0.1, -0.05) is 57.5 Å². The van der Waals surface area contributed by atoms with E-state index in [2.05, 4.69) is 10.0 Å². The second-order valence-electron chi connectivity index (χ2n) is 6.50. The Balaban J connectivity index is 2.22. The van der Waals surface area contributed by atoms with Crippen LogP contribution in [-0.2, 0) is 14.8 Å². The average Bonchev–Trinajstić information content (AvgIpc) is 2.59. The first kappa shape index (κ1) is 19.4. The number of nitrogens with one attached hydrogen (secondary N) is 2. The number of hydrogen-bond acceptors (Lipinski definition) is 3. The summed E-state index contributed by atoms with van der Waals surface area (Å²) in [6, 6.07) is 11.7. The van der Waals surface area contributed by atoms with Crippen molar-refractivity contribution in [1.82, 2.24) is 10.0 Å². The molecule has 0 spiro atoms. The van der Waals surface area contributed by atoms with Crippen LogP contribution in [0.1, 0.15) is 33.6 Å². The molecule has 0 saturated heterocycles. The second kappa shape index (κ2) is 8.45. The predicted molar refractivity (Wildman–Crippen MR) is 101 cm³/mol. The highest BCUT2D eigenvalue weighted by molar-refractivity contribution is 7.89. The maximum Gasteiger partial charge on any atom is 0.241 e. The number of fused-ring (bicyclic) bond motifs is 1. The lowest BCUT2D eigenvalue weighted by Gasteiger charge is -2.21. The smallest absolute Gasteiger partial charge is 0.241 e. The highest BCUT2D eigenvalue weighted by Crippen LogP contribution is 2.19. The van der Waals surface area contributed by atoms with Gasteiger partial charge in [-0.3, -0.25) is 4.79 Å². The van der Waals surface area contributed by atoms with Gasteiger partial charge in [0.15, 0.2) is 0 Å². The molecule has 2 N–H and O–H groups in total. The first-order valence-corrected chi connectivity index (χ1v) is 10.1. The van der Waals surface area contributed by atoms with Gasteiger partial charge in [-0.15, -0.1) is 0 Å². The van der Waals surface area contributed by atoms with Crippen LogP contribution >= 0.6 is 0 Å². The average molecular weight is 362 g/mol. The van der Waals surface area contributed by atoms with Crippen LogP contribution < -0.4 is 10.0 Å². The fourth-order valence-electron chi connectivity index (χ4n) is 2.56. The van der Waals surface area contributed by atoms with Crippen molar-refractivity contribution >= 4 is 26.7 Å². The molecule has 1 amide bonds. The normalized spacial score (nSPS) is 13.1. The monoisotopic (exact) mass is 362 g/mol. The quantitative estimate of drug-likeness (QED) is 0.709. The van der Waals surface area contributed by atoms with Crippen LogP contribution in [0.3, 0.4) is 0 Å². The minimum Gasteiger partial charge on any atom is -0.355 e. The highest BCUT2D eigenvalue weighted by atomic mass is 32.2. The minimum absolute atomic E-state index is 0.156. The van der Waals surface area contributed by atoms with Gasteiger partial charge in [0.2, 0.25) is 15.9 Å². The number of rotatable bonds is 8. The molecule has 0 aromatic heterocycles. The van der Waals surface area contributed by atoms with Crippen molar-refractivity contribution in [3.05, 3.63) is 42.5 Å². The third kappa shape index (κ3) is 5.03. The zero-order valence-corrected chi connectivity index (χ0v) is 15.8. The van der Waals surface area contributed by atoms with E-state index < -0.39 is 16.1 Å². The maximum absolute atomic E-state index is 12.7. The number of carbonyl (C=O) groups is 1. The molecule has 0 aliphatic carbocycles. The Morgan fingerprint density at radius 1 is 1.08 bits per heavy atom. The van der Waals surface area contributed by atoms with Gasteiger partial charge in [0, 0.05) is 6.54 Å². The topological polar surface area (TPSA) is 75.3 Å². The van der Waals surface area contributed by atoms with Crippen molar-refractivity contribution in [2.45, 2.75) is 44.6 Å². The predicted octanol–water partition coefficient (Wildman–Crippen LogP) is 3.06. The van der Waals surface area contributed by atoms with E-state index in [9.17, 15) is 13.2 Å².